The number of benzene rings is 1. The van der Waals surface area contributed by atoms with Crippen LogP contribution in [0.2, 0.25) is 0 Å². The van der Waals surface area contributed by atoms with Crippen LogP contribution in [0.5, 0.6) is 0 Å². The lowest BCUT2D eigenvalue weighted by molar-refractivity contribution is -0.150. The quantitative estimate of drug-likeness (QED) is 0.875. The zero-order valence-corrected chi connectivity index (χ0v) is 11.1. The second kappa shape index (κ2) is 5.43. The minimum absolute atomic E-state index is 0.0661. The summed E-state index contributed by atoms with van der Waals surface area (Å²) in [5, 5.41) is 12.2. The van der Waals surface area contributed by atoms with Crippen LogP contribution in [-0.4, -0.2) is 17.0 Å². The molecule has 0 atom stereocenters. The molecule has 1 aromatic carbocycles. The van der Waals surface area contributed by atoms with Crippen LogP contribution in [0.4, 0.5) is 5.69 Å². The van der Waals surface area contributed by atoms with E-state index in [2.05, 4.69) is 5.32 Å². The maximum absolute atomic E-state index is 12.1. The molecule has 2 N–H and O–H groups in total. The van der Waals surface area contributed by atoms with Gasteiger partial charge in [0.1, 0.15) is 0 Å². The smallest absolute Gasteiger partial charge is 0.310 e. The zero-order chi connectivity index (χ0) is 13.9. The van der Waals surface area contributed by atoms with Gasteiger partial charge in [-0.2, -0.15) is 0 Å². The maximum atomic E-state index is 12.1. The fourth-order valence-electron chi connectivity index (χ4n) is 2.73. The Balaban J connectivity index is 2.05. The number of para-hydroxylation sites is 1. The number of amides is 1. The van der Waals surface area contributed by atoms with Crippen molar-refractivity contribution >= 4 is 17.6 Å². The van der Waals surface area contributed by atoms with E-state index >= 15 is 0 Å². The predicted octanol–water partition coefficient (Wildman–Crippen LogP) is 2.97. The van der Waals surface area contributed by atoms with E-state index in [-0.39, 0.29) is 12.3 Å². The molecule has 1 fully saturated rings. The van der Waals surface area contributed by atoms with Crippen molar-refractivity contribution < 1.29 is 14.7 Å². The summed E-state index contributed by atoms with van der Waals surface area (Å²) in [6.07, 6.45) is 3.05. The van der Waals surface area contributed by atoms with Gasteiger partial charge in [-0.05, 0) is 31.4 Å². The van der Waals surface area contributed by atoms with Crippen LogP contribution >= 0.6 is 0 Å². The summed E-state index contributed by atoms with van der Waals surface area (Å²) in [5.41, 5.74) is 0.880. The van der Waals surface area contributed by atoms with Crippen LogP contribution in [0, 0.1) is 12.3 Å². The molecule has 4 nitrogen and oxygen atoms in total. The highest BCUT2D eigenvalue weighted by Gasteiger charge is 2.42. The van der Waals surface area contributed by atoms with Crippen LogP contribution in [0.15, 0.2) is 24.3 Å². The van der Waals surface area contributed by atoms with Crippen LogP contribution < -0.4 is 5.32 Å². The number of nitrogens with one attached hydrogen (secondary N) is 1. The zero-order valence-electron chi connectivity index (χ0n) is 11.1. The van der Waals surface area contributed by atoms with Crippen LogP contribution in [0.1, 0.15) is 37.7 Å². The van der Waals surface area contributed by atoms with Crippen molar-refractivity contribution in [1.29, 1.82) is 0 Å². The summed E-state index contributed by atoms with van der Waals surface area (Å²) in [6, 6.07) is 7.50. The Morgan fingerprint density at radius 3 is 2.47 bits per heavy atom. The van der Waals surface area contributed by atoms with E-state index in [1.165, 1.54) is 0 Å². The molecule has 4 heteroatoms. The first-order valence-electron chi connectivity index (χ1n) is 6.62. The highest BCUT2D eigenvalue weighted by Crippen LogP contribution is 2.41. The summed E-state index contributed by atoms with van der Waals surface area (Å²) in [4.78, 5) is 23.5. The maximum Gasteiger partial charge on any atom is 0.310 e. The van der Waals surface area contributed by atoms with Crippen molar-refractivity contribution in [3.8, 4) is 0 Å². The van der Waals surface area contributed by atoms with E-state index in [4.69, 9.17) is 0 Å². The normalized spacial score (nSPS) is 17.1. The van der Waals surface area contributed by atoms with E-state index in [0.29, 0.717) is 12.8 Å². The molecule has 2 rings (SSSR count). The Morgan fingerprint density at radius 2 is 1.89 bits per heavy atom. The number of aliphatic carboxylic acids is 1. The molecule has 0 bridgehead atoms. The highest BCUT2D eigenvalue weighted by atomic mass is 16.4. The molecule has 0 spiro atoms. The van der Waals surface area contributed by atoms with Gasteiger partial charge in [0, 0.05) is 12.1 Å². The number of carboxylic acid groups (broad SMARTS) is 1. The summed E-state index contributed by atoms with van der Waals surface area (Å²) < 4.78 is 0. The van der Waals surface area contributed by atoms with Crippen molar-refractivity contribution in [1.82, 2.24) is 0 Å². The average Bonchev–Trinajstić information content (AvgIpc) is 2.82. The van der Waals surface area contributed by atoms with Crippen molar-refractivity contribution in [2.75, 3.05) is 5.32 Å². The summed E-state index contributed by atoms with van der Waals surface area (Å²) in [6.45, 7) is 1.91. The van der Waals surface area contributed by atoms with E-state index in [1.54, 1.807) is 0 Å². The van der Waals surface area contributed by atoms with E-state index in [9.17, 15) is 14.7 Å². The van der Waals surface area contributed by atoms with Crippen LogP contribution in [0.25, 0.3) is 0 Å². The number of carbonyl (C=O) groups is 2. The standard InChI is InChI=1S/C15H19NO3/c1-11-6-2-3-7-12(11)16-13(17)10-15(14(18)19)8-4-5-9-15/h2-3,6-7H,4-5,8-10H2,1H3,(H,16,17)(H,18,19). The van der Waals surface area contributed by atoms with Gasteiger partial charge >= 0.3 is 5.97 Å². The number of carboxylic acids is 1. The molecule has 0 unspecified atom stereocenters. The molecule has 1 saturated carbocycles. The summed E-state index contributed by atoms with van der Waals surface area (Å²) in [7, 11) is 0. The molecule has 0 aromatic heterocycles. The van der Waals surface area contributed by atoms with Gasteiger partial charge in [0.25, 0.3) is 0 Å². The first-order chi connectivity index (χ1) is 9.03. The van der Waals surface area contributed by atoms with Gasteiger partial charge in [0.05, 0.1) is 5.41 Å². The molecule has 1 aliphatic carbocycles. The lowest BCUT2D eigenvalue weighted by atomic mass is 9.82. The molecular weight excluding hydrogens is 242 g/mol. The van der Waals surface area contributed by atoms with E-state index in [1.807, 2.05) is 31.2 Å². The monoisotopic (exact) mass is 261 g/mol. The minimum Gasteiger partial charge on any atom is -0.481 e. The Kier molecular flexibility index (Phi) is 3.88. The number of carbonyl (C=O) groups excluding carboxylic acids is 1. The van der Waals surface area contributed by atoms with Gasteiger partial charge in [-0.3, -0.25) is 9.59 Å². The first kappa shape index (κ1) is 13.6. The minimum atomic E-state index is -0.854. The lowest BCUT2D eigenvalue weighted by Crippen LogP contribution is -2.32. The molecule has 102 valence electrons. The molecule has 0 saturated heterocycles. The third-order valence-electron chi connectivity index (χ3n) is 3.93. The molecule has 1 amide bonds. The SMILES string of the molecule is Cc1ccccc1NC(=O)CC1(C(=O)O)CCCC1. The fraction of sp³-hybridized carbons (Fsp3) is 0.467. The fourth-order valence-corrected chi connectivity index (χ4v) is 2.73. The van der Waals surface area contributed by atoms with Gasteiger partial charge in [0.2, 0.25) is 5.91 Å². The Hall–Kier alpha value is -1.84. The van der Waals surface area contributed by atoms with Crippen molar-refractivity contribution in [2.45, 2.75) is 39.0 Å². The van der Waals surface area contributed by atoms with Gasteiger partial charge < -0.3 is 10.4 Å². The van der Waals surface area contributed by atoms with Crippen LogP contribution in [-0.2, 0) is 9.59 Å². The molecular formula is C15H19NO3. The van der Waals surface area contributed by atoms with Gasteiger partial charge in [0.15, 0.2) is 0 Å². The molecule has 0 aliphatic heterocycles. The first-order valence-corrected chi connectivity index (χ1v) is 6.62. The second-order valence-electron chi connectivity index (χ2n) is 5.33. The van der Waals surface area contributed by atoms with Crippen molar-refractivity contribution in [3.05, 3.63) is 29.8 Å². The van der Waals surface area contributed by atoms with E-state index < -0.39 is 11.4 Å². The summed E-state index contributed by atoms with van der Waals surface area (Å²) >= 11 is 0. The molecule has 0 radical (unpaired) electrons. The third kappa shape index (κ3) is 2.95. The number of aryl methyl sites for hydroxylation is 1. The number of rotatable bonds is 4. The third-order valence-corrected chi connectivity index (χ3v) is 3.93. The molecule has 1 aromatic rings. The van der Waals surface area contributed by atoms with Crippen LogP contribution in [0.3, 0.4) is 0 Å². The van der Waals surface area contributed by atoms with E-state index in [0.717, 1.165) is 24.1 Å². The topological polar surface area (TPSA) is 66.4 Å². The largest absolute Gasteiger partial charge is 0.481 e. The molecule has 0 heterocycles. The Morgan fingerprint density at radius 1 is 1.26 bits per heavy atom. The van der Waals surface area contributed by atoms with Gasteiger partial charge in [-0.1, -0.05) is 31.0 Å². The lowest BCUT2D eigenvalue weighted by Gasteiger charge is -2.23. The average molecular weight is 261 g/mol. The molecule has 1 aliphatic rings. The Bertz CT molecular complexity index is 490. The number of anilines is 1. The van der Waals surface area contributed by atoms with Gasteiger partial charge in [-0.25, -0.2) is 0 Å². The van der Waals surface area contributed by atoms with Crippen molar-refractivity contribution in [3.63, 3.8) is 0 Å². The molecule has 19 heavy (non-hydrogen) atoms. The Labute approximate surface area is 112 Å². The highest BCUT2D eigenvalue weighted by molar-refractivity contribution is 5.94. The number of hydrogen-bond donors (Lipinski definition) is 2. The van der Waals surface area contributed by atoms with Gasteiger partial charge in [-0.15, -0.1) is 0 Å². The summed E-state index contributed by atoms with van der Waals surface area (Å²) in [5.74, 6) is -1.05. The van der Waals surface area contributed by atoms with Crippen molar-refractivity contribution in [2.24, 2.45) is 5.41 Å². The predicted molar refractivity (Wildman–Crippen MR) is 73.0 cm³/mol. The second-order valence-corrected chi connectivity index (χ2v) is 5.33. The number of hydrogen-bond acceptors (Lipinski definition) is 2.